The summed E-state index contributed by atoms with van der Waals surface area (Å²) in [6.07, 6.45) is -2.63. The molecule has 0 aromatic carbocycles. The lowest BCUT2D eigenvalue weighted by Crippen LogP contribution is -2.12. The number of aryl methyl sites for hydroxylation is 1. The quantitative estimate of drug-likeness (QED) is 0.782. The summed E-state index contributed by atoms with van der Waals surface area (Å²) in [6.45, 7) is 4.21. The molecule has 1 heterocycles. The molecule has 0 N–H and O–H groups in total. The minimum absolute atomic E-state index is 0.201. The van der Waals surface area contributed by atoms with E-state index >= 15 is 0 Å². The highest BCUT2D eigenvalue weighted by molar-refractivity contribution is 5.13. The molecule has 1 aromatic rings. The van der Waals surface area contributed by atoms with Gasteiger partial charge in [-0.1, -0.05) is 25.5 Å². The molecule has 0 atom stereocenters. The fraction of sp³-hybridized carbons (Fsp3) is 0.778. The average molecular weight is 221 g/mol. The predicted octanol–water partition coefficient (Wildman–Crippen LogP) is 2.66. The summed E-state index contributed by atoms with van der Waals surface area (Å²) in [7, 11) is 0. The maximum Gasteiger partial charge on any atom is 0.437 e. The monoisotopic (exact) mass is 221 g/mol. The van der Waals surface area contributed by atoms with Crippen LogP contribution in [0.15, 0.2) is 0 Å². The number of rotatable bonds is 4. The van der Waals surface area contributed by atoms with Gasteiger partial charge in [0.1, 0.15) is 0 Å². The van der Waals surface area contributed by atoms with Gasteiger partial charge in [0, 0.05) is 6.54 Å². The highest BCUT2D eigenvalue weighted by Crippen LogP contribution is 2.30. The Balaban J connectivity index is 3.06. The van der Waals surface area contributed by atoms with Gasteiger partial charge in [-0.3, -0.25) is 0 Å². The Morgan fingerprint density at radius 2 is 1.87 bits per heavy atom. The van der Waals surface area contributed by atoms with Crippen molar-refractivity contribution in [1.82, 2.24) is 15.0 Å². The van der Waals surface area contributed by atoms with Gasteiger partial charge in [-0.2, -0.15) is 13.2 Å². The molecule has 0 bridgehead atoms. The van der Waals surface area contributed by atoms with Gasteiger partial charge in [-0.15, -0.1) is 5.10 Å². The second-order valence-corrected chi connectivity index (χ2v) is 3.36. The van der Waals surface area contributed by atoms with Crippen LogP contribution in [0.25, 0.3) is 0 Å². The molecule has 1 rings (SSSR count). The van der Waals surface area contributed by atoms with Crippen molar-refractivity contribution in [3.8, 4) is 0 Å². The third-order valence-electron chi connectivity index (χ3n) is 2.03. The topological polar surface area (TPSA) is 30.7 Å². The molecule has 0 spiro atoms. The number of hydrogen-bond acceptors (Lipinski definition) is 2. The summed E-state index contributed by atoms with van der Waals surface area (Å²) in [4.78, 5) is 0. The van der Waals surface area contributed by atoms with E-state index in [1.165, 1.54) is 4.68 Å². The van der Waals surface area contributed by atoms with E-state index in [2.05, 4.69) is 10.3 Å². The zero-order valence-corrected chi connectivity index (χ0v) is 8.80. The van der Waals surface area contributed by atoms with E-state index in [1.54, 1.807) is 0 Å². The van der Waals surface area contributed by atoms with E-state index in [0.29, 0.717) is 19.4 Å². The van der Waals surface area contributed by atoms with Crippen LogP contribution in [0.5, 0.6) is 0 Å². The van der Waals surface area contributed by atoms with Crippen LogP contribution in [-0.2, 0) is 19.1 Å². The van der Waals surface area contributed by atoms with Crippen LogP contribution >= 0.6 is 0 Å². The summed E-state index contributed by atoms with van der Waals surface area (Å²) in [6, 6.07) is 0. The van der Waals surface area contributed by atoms with Crippen LogP contribution in [0.3, 0.4) is 0 Å². The van der Waals surface area contributed by atoms with Crippen molar-refractivity contribution in [3.05, 3.63) is 11.4 Å². The van der Waals surface area contributed by atoms with E-state index in [4.69, 9.17) is 0 Å². The first-order valence-corrected chi connectivity index (χ1v) is 5.00. The van der Waals surface area contributed by atoms with E-state index in [0.717, 1.165) is 6.42 Å². The van der Waals surface area contributed by atoms with Gasteiger partial charge in [-0.05, 0) is 12.8 Å². The van der Waals surface area contributed by atoms with Crippen LogP contribution in [0, 0.1) is 0 Å². The van der Waals surface area contributed by atoms with Crippen LogP contribution in [0.4, 0.5) is 13.2 Å². The number of halogens is 3. The Morgan fingerprint density at radius 1 is 1.20 bits per heavy atom. The van der Waals surface area contributed by atoms with Crippen LogP contribution in [-0.4, -0.2) is 15.0 Å². The molecule has 3 nitrogen and oxygen atoms in total. The normalized spacial score (nSPS) is 12.1. The number of alkyl halides is 3. The summed E-state index contributed by atoms with van der Waals surface area (Å²) >= 11 is 0. The van der Waals surface area contributed by atoms with Crippen molar-refractivity contribution in [2.24, 2.45) is 0 Å². The largest absolute Gasteiger partial charge is 0.437 e. The van der Waals surface area contributed by atoms with Crippen LogP contribution in [0.1, 0.15) is 38.1 Å². The van der Waals surface area contributed by atoms with Gasteiger partial charge < -0.3 is 0 Å². The SMILES string of the molecule is CCCc1c(C(F)(F)F)nnn1CCC. The second-order valence-electron chi connectivity index (χ2n) is 3.36. The molecule has 86 valence electrons. The van der Waals surface area contributed by atoms with Crippen LogP contribution < -0.4 is 0 Å². The zero-order valence-electron chi connectivity index (χ0n) is 8.80. The number of nitrogens with zero attached hydrogens (tertiary/aromatic N) is 3. The molecular weight excluding hydrogens is 207 g/mol. The van der Waals surface area contributed by atoms with Crippen molar-refractivity contribution in [2.45, 2.75) is 45.8 Å². The number of aromatic nitrogens is 3. The van der Waals surface area contributed by atoms with Crippen LogP contribution in [0.2, 0.25) is 0 Å². The maximum absolute atomic E-state index is 12.5. The fourth-order valence-electron chi connectivity index (χ4n) is 1.43. The van der Waals surface area contributed by atoms with Crippen molar-refractivity contribution in [1.29, 1.82) is 0 Å². The van der Waals surface area contributed by atoms with E-state index in [-0.39, 0.29) is 5.69 Å². The van der Waals surface area contributed by atoms with Gasteiger partial charge >= 0.3 is 6.18 Å². The molecular formula is C9H14F3N3. The first-order valence-electron chi connectivity index (χ1n) is 5.00. The highest BCUT2D eigenvalue weighted by Gasteiger charge is 2.37. The summed E-state index contributed by atoms with van der Waals surface area (Å²) in [5, 5.41) is 6.75. The Hall–Kier alpha value is -1.07. The molecule has 6 heteroatoms. The molecule has 0 aliphatic heterocycles. The molecule has 0 unspecified atom stereocenters. The Kier molecular flexibility index (Phi) is 3.71. The minimum atomic E-state index is -4.39. The zero-order chi connectivity index (χ0) is 11.5. The summed E-state index contributed by atoms with van der Waals surface area (Å²) in [5.74, 6) is 0. The molecule has 0 amide bonds. The predicted molar refractivity (Wildman–Crippen MR) is 49.3 cm³/mol. The van der Waals surface area contributed by atoms with E-state index in [1.807, 2.05) is 13.8 Å². The third-order valence-corrected chi connectivity index (χ3v) is 2.03. The van der Waals surface area contributed by atoms with Crippen molar-refractivity contribution >= 4 is 0 Å². The average Bonchev–Trinajstić information content (AvgIpc) is 2.49. The lowest BCUT2D eigenvalue weighted by Gasteiger charge is -2.07. The van der Waals surface area contributed by atoms with E-state index in [9.17, 15) is 13.2 Å². The molecule has 0 radical (unpaired) electrons. The lowest BCUT2D eigenvalue weighted by atomic mass is 10.2. The first-order chi connectivity index (χ1) is 7.00. The first kappa shape index (κ1) is 12.0. The molecule has 15 heavy (non-hydrogen) atoms. The van der Waals surface area contributed by atoms with E-state index < -0.39 is 11.9 Å². The summed E-state index contributed by atoms with van der Waals surface area (Å²) in [5.41, 5.74) is -0.635. The Bertz CT molecular complexity index is 317. The molecule has 0 saturated carbocycles. The molecule has 0 saturated heterocycles. The molecule has 1 aromatic heterocycles. The Labute approximate surface area is 86.3 Å². The Morgan fingerprint density at radius 3 is 2.33 bits per heavy atom. The second kappa shape index (κ2) is 4.63. The van der Waals surface area contributed by atoms with Crippen molar-refractivity contribution < 1.29 is 13.2 Å². The smallest absolute Gasteiger partial charge is 0.249 e. The molecule has 0 aliphatic rings. The third kappa shape index (κ3) is 2.70. The molecule has 0 aliphatic carbocycles. The van der Waals surface area contributed by atoms with Gasteiger partial charge in [0.05, 0.1) is 5.69 Å². The standard InChI is InChI=1S/C9H14F3N3/c1-3-5-7-8(9(10,11)12)13-14-15(7)6-4-2/h3-6H2,1-2H3. The lowest BCUT2D eigenvalue weighted by molar-refractivity contribution is -0.141. The highest BCUT2D eigenvalue weighted by atomic mass is 19.4. The maximum atomic E-state index is 12.5. The van der Waals surface area contributed by atoms with Crippen molar-refractivity contribution in [3.63, 3.8) is 0 Å². The van der Waals surface area contributed by atoms with Gasteiger partial charge in [-0.25, -0.2) is 4.68 Å². The summed E-state index contributed by atoms with van der Waals surface area (Å²) < 4.78 is 38.9. The number of hydrogen-bond donors (Lipinski definition) is 0. The van der Waals surface area contributed by atoms with Gasteiger partial charge in [0.15, 0.2) is 5.69 Å². The van der Waals surface area contributed by atoms with Crippen molar-refractivity contribution in [2.75, 3.05) is 0 Å². The fourth-order valence-corrected chi connectivity index (χ4v) is 1.43. The van der Waals surface area contributed by atoms with Gasteiger partial charge in [0.25, 0.3) is 0 Å². The molecule has 0 fully saturated rings. The van der Waals surface area contributed by atoms with Gasteiger partial charge in [0.2, 0.25) is 0 Å². The minimum Gasteiger partial charge on any atom is -0.249 e.